The van der Waals surface area contributed by atoms with E-state index < -0.39 is 10.0 Å². The van der Waals surface area contributed by atoms with Gasteiger partial charge in [0.2, 0.25) is 10.0 Å². The van der Waals surface area contributed by atoms with Crippen molar-refractivity contribution in [2.75, 3.05) is 32.5 Å². The molecule has 0 aromatic heterocycles. The number of benzene rings is 1. The lowest BCUT2D eigenvalue weighted by Crippen LogP contribution is -2.30. The predicted octanol–water partition coefficient (Wildman–Crippen LogP) is 0.797. The quantitative estimate of drug-likeness (QED) is 0.615. The molecule has 0 bridgehead atoms. The molecule has 0 aliphatic rings. The van der Waals surface area contributed by atoms with Crippen molar-refractivity contribution in [2.24, 2.45) is 0 Å². The number of nitrogens with zero attached hydrogens (tertiary/aromatic N) is 2. The molecule has 0 amide bonds. The SMILES string of the molecule is CCOCCN(C)S(=O)(=O)c1ccc(N)cc1C#N. The number of nitrogens with two attached hydrogens (primary N) is 1. The zero-order valence-electron chi connectivity index (χ0n) is 11.0. The van der Waals surface area contributed by atoms with E-state index in [9.17, 15) is 8.42 Å². The summed E-state index contributed by atoms with van der Waals surface area (Å²) in [4.78, 5) is -0.0387. The second kappa shape index (κ2) is 6.52. The average Bonchev–Trinajstić information content (AvgIpc) is 2.38. The van der Waals surface area contributed by atoms with Crippen molar-refractivity contribution in [2.45, 2.75) is 11.8 Å². The summed E-state index contributed by atoms with van der Waals surface area (Å²) < 4.78 is 30.9. The third kappa shape index (κ3) is 3.67. The molecule has 0 heterocycles. The monoisotopic (exact) mass is 283 g/mol. The van der Waals surface area contributed by atoms with Crippen molar-refractivity contribution < 1.29 is 13.2 Å². The fraction of sp³-hybridized carbons (Fsp3) is 0.417. The van der Waals surface area contributed by atoms with Crippen LogP contribution >= 0.6 is 0 Å². The molecule has 7 heteroatoms. The van der Waals surface area contributed by atoms with Crippen molar-refractivity contribution in [3.63, 3.8) is 0 Å². The van der Waals surface area contributed by atoms with Gasteiger partial charge >= 0.3 is 0 Å². The highest BCUT2D eigenvalue weighted by atomic mass is 32.2. The number of sulfonamides is 1. The minimum absolute atomic E-state index is 0.0387. The van der Waals surface area contributed by atoms with Crippen LogP contribution in [0, 0.1) is 11.3 Å². The van der Waals surface area contributed by atoms with Crippen molar-refractivity contribution in [1.29, 1.82) is 5.26 Å². The molecule has 1 rings (SSSR count). The Kier molecular flexibility index (Phi) is 5.30. The summed E-state index contributed by atoms with van der Waals surface area (Å²) in [5.74, 6) is 0. The molecule has 2 N–H and O–H groups in total. The molecule has 0 unspecified atom stereocenters. The molecule has 0 saturated heterocycles. The highest BCUT2D eigenvalue weighted by Crippen LogP contribution is 2.21. The molecular weight excluding hydrogens is 266 g/mol. The minimum atomic E-state index is -3.70. The van der Waals surface area contributed by atoms with Gasteiger partial charge in [-0.15, -0.1) is 0 Å². The highest BCUT2D eigenvalue weighted by Gasteiger charge is 2.23. The van der Waals surface area contributed by atoms with E-state index in [1.807, 2.05) is 13.0 Å². The summed E-state index contributed by atoms with van der Waals surface area (Å²) in [6.45, 7) is 2.90. The van der Waals surface area contributed by atoms with Crippen LogP contribution < -0.4 is 5.73 Å². The molecule has 0 aliphatic carbocycles. The van der Waals surface area contributed by atoms with Gasteiger partial charge in [0.05, 0.1) is 12.2 Å². The Balaban J connectivity index is 3.04. The summed E-state index contributed by atoms with van der Waals surface area (Å²) in [6.07, 6.45) is 0. The van der Waals surface area contributed by atoms with Crippen LogP contribution in [-0.2, 0) is 14.8 Å². The number of nitriles is 1. The van der Waals surface area contributed by atoms with Crippen LogP contribution in [0.25, 0.3) is 0 Å². The Morgan fingerprint density at radius 2 is 2.16 bits per heavy atom. The van der Waals surface area contributed by atoms with Gasteiger partial charge in [0, 0.05) is 25.9 Å². The maximum atomic E-state index is 12.3. The van der Waals surface area contributed by atoms with Crippen LogP contribution in [0.4, 0.5) is 5.69 Å². The van der Waals surface area contributed by atoms with E-state index in [4.69, 9.17) is 15.7 Å². The number of rotatable bonds is 6. The molecule has 0 aliphatic heterocycles. The molecule has 0 spiro atoms. The predicted molar refractivity (Wildman–Crippen MR) is 71.9 cm³/mol. The maximum Gasteiger partial charge on any atom is 0.244 e. The molecule has 1 aromatic rings. The Labute approximate surface area is 113 Å². The molecule has 0 saturated carbocycles. The first kappa shape index (κ1) is 15.4. The lowest BCUT2D eigenvalue weighted by Gasteiger charge is -2.17. The van der Waals surface area contributed by atoms with E-state index in [0.717, 1.165) is 4.31 Å². The lowest BCUT2D eigenvalue weighted by molar-refractivity contribution is 0.138. The molecule has 104 valence electrons. The first-order chi connectivity index (χ1) is 8.93. The second-order valence-electron chi connectivity index (χ2n) is 3.89. The first-order valence-electron chi connectivity index (χ1n) is 5.77. The molecule has 0 fully saturated rings. The van der Waals surface area contributed by atoms with Crippen LogP contribution in [0.2, 0.25) is 0 Å². The van der Waals surface area contributed by atoms with E-state index in [2.05, 4.69) is 0 Å². The second-order valence-corrected chi connectivity index (χ2v) is 5.90. The van der Waals surface area contributed by atoms with E-state index in [-0.39, 0.29) is 17.0 Å². The molecule has 1 aromatic carbocycles. The maximum absolute atomic E-state index is 12.3. The Bertz CT molecular complexity index is 578. The summed E-state index contributed by atoms with van der Waals surface area (Å²) in [7, 11) is -2.25. The van der Waals surface area contributed by atoms with Crippen LogP contribution in [0.3, 0.4) is 0 Å². The van der Waals surface area contributed by atoms with Gasteiger partial charge in [-0.2, -0.15) is 9.57 Å². The number of ether oxygens (including phenoxy) is 1. The number of hydrogen-bond donors (Lipinski definition) is 1. The van der Waals surface area contributed by atoms with Crippen molar-refractivity contribution in [3.05, 3.63) is 23.8 Å². The fourth-order valence-corrected chi connectivity index (χ4v) is 2.76. The molecular formula is C12H17N3O3S. The van der Waals surface area contributed by atoms with Crippen molar-refractivity contribution in [3.8, 4) is 6.07 Å². The van der Waals surface area contributed by atoms with Gasteiger partial charge in [-0.25, -0.2) is 8.42 Å². The number of likely N-dealkylation sites (N-methyl/N-ethyl adjacent to an activating group) is 1. The van der Waals surface area contributed by atoms with Gasteiger partial charge in [-0.1, -0.05) is 0 Å². The van der Waals surface area contributed by atoms with Gasteiger partial charge in [0.15, 0.2) is 0 Å². The number of anilines is 1. The molecule has 19 heavy (non-hydrogen) atoms. The molecule has 6 nitrogen and oxygen atoms in total. The molecule has 0 atom stereocenters. The summed E-state index contributed by atoms with van der Waals surface area (Å²) in [5, 5.41) is 8.99. The third-order valence-electron chi connectivity index (χ3n) is 2.57. The molecule has 0 radical (unpaired) electrons. The van der Waals surface area contributed by atoms with E-state index in [1.54, 1.807) is 0 Å². The largest absolute Gasteiger partial charge is 0.399 e. The van der Waals surface area contributed by atoms with Gasteiger partial charge in [-0.3, -0.25) is 0 Å². The van der Waals surface area contributed by atoms with Crippen LogP contribution in [0.1, 0.15) is 12.5 Å². The number of nitrogen functional groups attached to an aromatic ring is 1. The van der Waals surface area contributed by atoms with Crippen LogP contribution in [0.15, 0.2) is 23.1 Å². The van der Waals surface area contributed by atoms with Gasteiger partial charge < -0.3 is 10.5 Å². The Hall–Kier alpha value is -1.62. The summed E-state index contributed by atoms with van der Waals surface area (Å²) >= 11 is 0. The first-order valence-corrected chi connectivity index (χ1v) is 7.21. The topological polar surface area (TPSA) is 96.4 Å². The highest BCUT2D eigenvalue weighted by molar-refractivity contribution is 7.89. The van der Waals surface area contributed by atoms with Crippen molar-refractivity contribution >= 4 is 15.7 Å². The van der Waals surface area contributed by atoms with Gasteiger partial charge in [0.25, 0.3) is 0 Å². The number of hydrogen-bond acceptors (Lipinski definition) is 5. The Morgan fingerprint density at radius 3 is 2.74 bits per heavy atom. The fourth-order valence-electron chi connectivity index (χ4n) is 1.49. The smallest absolute Gasteiger partial charge is 0.244 e. The van der Waals surface area contributed by atoms with E-state index in [1.165, 1.54) is 25.2 Å². The Morgan fingerprint density at radius 1 is 1.47 bits per heavy atom. The minimum Gasteiger partial charge on any atom is -0.399 e. The standard InChI is InChI=1S/C12H17N3O3S/c1-3-18-7-6-15(2)19(16,17)12-5-4-11(14)8-10(12)9-13/h4-5,8H,3,6-7,14H2,1-2H3. The third-order valence-corrected chi connectivity index (χ3v) is 4.48. The van der Waals surface area contributed by atoms with E-state index >= 15 is 0 Å². The van der Waals surface area contributed by atoms with Crippen molar-refractivity contribution in [1.82, 2.24) is 4.31 Å². The summed E-state index contributed by atoms with van der Waals surface area (Å²) in [6, 6.07) is 6.01. The lowest BCUT2D eigenvalue weighted by atomic mass is 10.2. The van der Waals surface area contributed by atoms with Crippen LogP contribution in [0.5, 0.6) is 0 Å². The van der Waals surface area contributed by atoms with E-state index in [0.29, 0.717) is 18.9 Å². The average molecular weight is 283 g/mol. The van der Waals surface area contributed by atoms with Crippen LogP contribution in [-0.4, -0.2) is 39.5 Å². The zero-order chi connectivity index (χ0) is 14.5. The van der Waals surface area contributed by atoms with Gasteiger partial charge in [-0.05, 0) is 25.1 Å². The summed E-state index contributed by atoms with van der Waals surface area (Å²) in [5.41, 5.74) is 5.94. The van der Waals surface area contributed by atoms with Gasteiger partial charge in [0.1, 0.15) is 11.0 Å². The zero-order valence-corrected chi connectivity index (χ0v) is 11.8. The normalized spacial score (nSPS) is 11.5.